The maximum atomic E-state index is 12.6. The van der Waals surface area contributed by atoms with Gasteiger partial charge in [0.1, 0.15) is 12.4 Å². The Morgan fingerprint density at radius 2 is 1.61 bits per heavy atom. The fourth-order valence-electron chi connectivity index (χ4n) is 4.69. The number of carbonyl (C=O) groups excluding carboxylic acids is 2. The van der Waals surface area contributed by atoms with Crippen molar-refractivity contribution in [3.8, 4) is 5.75 Å². The second-order valence-corrected chi connectivity index (χ2v) is 8.09. The molecule has 2 aromatic carbocycles. The Balaban J connectivity index is 1.20. The predicted molar refractivity (Wildman–Crippen MR) is 111 cm³/mol. The average Bonchev–Trinajstić information content (AvgIpc) is 3.46. The van der Waals surface area contributed by atoms with Gasteiger partial charge >= 0.3 is 5.97 Å². The molecule has 5 rings (SSSR count). The maximum Gasteiger partial charge on any atom is 0.335 e. The normalized spacial score (nSPS) is 26.1. The quantitative estimate of drug-likeness (QED) is 0.443. The molecule has 4 atom stereocenters. The van der Waals surface area contributed by atoms with Crippen LogP contribution < -0.4 is 4.74 Å². The standard InChI is InChI=1S/C24H20N2O5/c27-22-20-17-7-8-18(11-17)21(20)23(28)26(22)25-12-14-3-9-19(10-4-14)31-13-15-1-5-16(6-2-15)24(29)30/h1-10,12,17-18,20-21H,11,13H2,(H,29,30)/t17-,18-,20-,21+/m0/s1. The molecule has 156 valence electrons. The second-order valence-electron chi connectivity index (χ2n) is 8.09. The molecular formula is C24H20N2O5. The number of carbonyl (C=O) groups is 3. The van der Waals surface area contributed by atoms with Gasteiger partial charge in [-0.15, -0.1) is 0 Å². The third kappa shape index (κ3) is 3.42. The predicted octanol–water partition coefficient (Wildman–Crippen LogP) is 3.10. The third-order valence-corrected chi connectivity index (χ3v) is 6.26. The summed E-state index contributed by atoms with van der Waals surface area (Å²) in [6, 6.07) is 13.7. The van der Waals surface area contributed by atoms with Gasteiger partial charge < -0.3 is 9.84 Å². The van der Waals surface area contributed by atoms with Gasteiger partial charge in [-0.05, 0) is 65.8 Å². The van der Waals surface area contributed by atoms with E-state index in [0.29, 0.717) is 12.4 Å². The number of nitrogens with zero attached hydrogens (tertiary/aromatic N) is 2. The number of imide groups is 1. The molecule has 0 radical (unpaired) electrons. The number of benzene rings is 2. The van der Waals surface area contributed by atoms with Crippen LogP contribution in [0.4, 0.5) is 0 Å². The van der Waals surface area contributed by atoms with Crippen LogP contribution in [-0.2, 0) is 16.2 Å². The van der Waals surface area contributed by atoms with Crippen LogP contribution in [0.1, 0.15) is 27.9 Å². The highest BCUT2D eigenvalue weighted by Gasteiger charge is 2.59. The topological polar surface area (TPSA) is 96.3 Å². The first-order valence-electron chi connectivity index (χ1n) is 10.2. The number of fused-ring (bicyclic) bond motifs is 5. The Morgan fingerprint density at radius 3 is 2.19 bits per heavy atom. The molecule has 7 nitrogen and oxygen atoms in total. The van der Waals surface area contributed by atoms with Crippen molar-refractivity contribution in [3.63, 3.8) is 0 Å². The minimum absolute atomic E-state index is 0.170. The minimum atomic E-state index is -0.964. The van der Waals surface area contributed by atoms with Crippen LogP contribution >= 0.6 is 0 Å². The van der Waals surface area contributed by atoms with E-state index in [9.17, 15) is 14.4 Å². The van der Waals surface area contributed by atoms with E-state index in [1.54, 1.807) is 36.4 Å². The lowest BCUT2D eigenvalue weighted by atomic mass is 9.85. The zero-order valence-electron chi connectivity index (χ0n) is 16.5. The van der Waals surface area contributed by atoms with E-state index in [1.165, 1.54) is 18.3 Å². The van der Waals surface area contributed by atoms with Gasteiger partial charge in [-0.3, -0.25) is 9.59 Å². The molecule has 1 saturated carbocycles. The third-order valence-electron chi connectivity index (χ3n) is 6.26. The fraction of sp³-hybridized carbons (Fsp3) is 0.250. The molecule has 2 amide bonds. The van der Waals surface area contributed by atoms with Gasteiger partial charge in [0.15, 0.2) is 0 Å². The number of hydrogen-bond acceptors (Lipinski definition) is 5. The van der Waals surface area contributed by atoms with E-state index >= 15 is 0 Å². The number of carboxylic acid groups (broad SMARTS) is 1. The van der Waals surface area contributed by atoms with Crippen LogP contribution in [0.15, 0.2) is 65.8 Å². The van der Waals surface area contributed by atoms with Gasteiger partial charge in [0.2, 0.25) is 0 Å². The smallest absolute Gasteiger partial charge is 0.335 e. The molecule has 1 aliphatic heterocycles. The van der Waals surface area contributed by atoms with Crippen LogP contribution in [0.2, 0.25) is 0 Å². The number of hydrogen-bond donors (Lipinski definition) is 1. The number of carboxylic acids is 1. The van der Waals surface area contributed by atoms with E-state index in [4.69, 9.17) is 9.84 Å². The Labute approximate surface area is 178 Å². The maximum absolute atomic E-state index is 12.6. The van der Waals surface area contributed by atoms with E-state index in [2.05, 4.69) is 17.3 Å². The van der Waals surface area contributed by atoms with Gasteiger partial charge in [0.05, 0.1) is 23.6 Å². The Bertz CT molecular complexity index is 1070. The van der Waals surface area contributed by atoms with Crippen molar-refractivity contribution in [2.75, 3.05) is 0 Å². The summed E-state index contributed by atoms with van der Waals surface area (Å²) >= 11 is 0. The van der Waals surface area contributed by atoms with Crippen molar-refractivity contribution in [2.24, 2.45) is 28.8 Å². The fourth-order valence-corrected chi connectivity index (χ4v) is 4.69. The lowest BCUT2D eigenvalue weighted by Gasteiger charge is -2.13. The molecule has 1 saturated heterocycles. The van der Waals surface area contributed by atoms with Gasteiger partial charge in [0, 0.05) is 0 Å². The van der Waals surface area contributed by atoms with E-state index in [0.717, 1.165) is 22.6 Å². The van der Waals surface area contributed by atoms with Crippen molar-refractivity contribution in [2.45, 2.75) is 13.0 Å². The number of hydrazone groups is 1. The number of aromatic carboxylic acids is 1. The molecule has 2 aromatic rings. The number of rotatable bonds is 6. The SMILES string of the molecule is O=C(O)c1ccc(COc2ccc(C=NN3C(=O)[C@@H]4[C@H](C3=O)[C@H]3C=C[C@H]4C3)cc2)cc1. The molecule has 0 spiro atoms. The lowest BCUT2D eigenvalue weighted by molar-refractivity contribution is -0.140. The Morgan fingerprint density at radius 1 is 1.00 bits per heavy atom. The molecule has 1 heterocycles. The summed E-state index contributed by atoms with van der Waals surface area (Å²) in [5, 5.41) is 14.1. The highest BCUT2D eigenvalue weighted by molar-refractivity contribution is 6.06. The highest BCUT2D eigenvalue weighted by atomic mass is 16.5. The van der Waals surface area contributed by atoms with Crippen molar-refractivity contribution in [3.05, 3.63) is 77.4 Å². The van der Waals surface area contributed by atoms with Gasteiger partial charge in [-0.25, -0.2) is 4.79 Å². The van der Waals surface area contributed by atoms with E-state index < -0.39 is 5.97 Å². The summed E-state index contributed by atoms with van der Waals surface area (Å²) in [6.07, 6.45) is 6.53. The molecule has 31 heavy (non-hydrogen) atoms. The van der Waals surface area contributed by atoms with Crippen molar-refractivity contribution in [1.29, 1.82) is 0 Å². The summed E-state index contributed by atoms with van der Waals surface area (Å²) in [5.74, 6) is -0.875. The van der Waals surface area contributed by atoms with Crippen LogP contribution in [0.25, 0.3) is 0 Å². The van der Waals surface area contributed by atoms with E-state index in [-0.39, 0.29) is 41.0 Å². The summed E-state index contributed by atoms with van der Waals surface area (Å²) < 4.78 is 5.72. The van der Waals surface area contributed by atoms with Crippen LogP contribution in [0.5, 0.6) is 5.75 Å². The van der Waals surface area contributed by atoms with Gasteiger partial charge in [-0.1, -0.05) is 24.3 Å². The zero-order valence-corrected chi connectivity index (χ0v) is 16.5. The van der Waals surface area contributed by atoms with Crippen molar-refractivity contribution < 1.29 is 24.2 Å². The number of ether oxygens (including phenoxy) is 1. The molecule has 2 fully saturated rings. The average molecular weight is 416 g/mol. The summed E-state index contributed by atoms with van der Waals surface area (Å²) in [7, 11) is 0. The molecule has 2 bridgehead atoms. The summed E-state index contributed by atoms with van der Waals surface area (Å²) in [5.41, 5.74) is 1.84. The largest absolute Gasteiger partial charge is 0.489 e. The first-order chi connectivity index (χ1) is 15.0. The monoisotopic (exact) mass is 416 g/mol. The first kappa shape index (κ1) is 19.2. The molecule has 7 heteroatoms. The second kappa shape index (κ2) is 7.50. The molecule has 2 aliphatic carbocycles. The zero-order chi connectivity index (χ0) is 21.5. The van der Waals surface area contributed by atoms with E-state index in [1.807, 2.05) is 0 Å². The van der Waals surface area contributed by atoms with Crippen LogP contribution in [0.3, 0.4) is 0 Å². The Hall–Kier alpha value is -3.74. The van der Waals surface area contributed by atoms with Gasteiger partial charge in [-0.2, -0.15) is 10.1 Å². The number of amides is 2. The molecule has 3 aliphatic rings. The molecule has 0 aromatic heterocycles. The molecule has 0 unspecified atom stereocenters. The highest BCUT2D eigenvalue weighted by Crippen LogP contribution is 2.52. The number of allylic oxidation sites excluding steroid dienone is 2. The van der Waals surface area contributed by atoms with Crippen molar-refractivity contribution in [1.82, 2.24) is 5.01 Å². The van der Waals surface area contributed by atoms with Gasteiger partial charge in [0.25, 0.3) is 11.8 Å². The summed E-state index contributed by atoms with van der Waals surface area (Å²) in [6.45, 7) is 0.309. The molecular weight excluding hydrogens is 396 g/mol. The summed E-state index contributed by atoms with van der Waals surface area (Å²) in [4.78, 5) is 36.2. The van der Waals surface area contributed by atoms with Crippen molar-refractivity contribution >= 4 is 24.0 Å². The van der Waals surface area contributed by atoms with Crippen LogP contribution in [-0.4, -0.2) is 34.1 Å². The lowest BCUT2D eigenvalue weighted by Crippen LogP contribution is -2.28. The first-order valence-corrected chi connectivity index (χ1v) is 10.2. The van der Waals surface area contributed by atoms with Crippen LogP contribution in [0, 0.1) is 23.7 Å². The minimum Gasteiger partial charge on any atom is -0.489 e. The Kier molecular flexibility index (Phi) is 4.66. The molecule has 1 N–H and O–H groups in total.